The first-order valence-corrected chi connectivity index (χ1v) is 7.32. The molecule has 1 N–H and O–H groups in total. The molecule has 0 unspecified atom stereocenters. The Bertz CT molecular complexity index is 907. The zero-order chi connectivity index (χ0) is 17.2. The van der Waals surface area contributed by atoms with Crippen LogP contribution in [0.3, 0.4) is 0 Å². The molecule has 7 heteroatoms. The second kappa shape index (κ2) is 6.49. The average Bonchev–Trinajstić information content (AvgIpc) is 2.54. The molecule has 24 heavy (non-hydrogen) atoms. The van der Waals surface area contributed by atoms with Crippen molar-refractivity contribution in [3.8, 4) is 0 Å². The smallest absolute Gasteiger partial charge is 0.278 e. The fourth-order valence-corrected chi connectivity index (χ4v) is 2.42. The van der Waals surface area contributed by atoms with Crippen molar-refractivity contribution in [1.29, 1.82) is 0 Å². The Morgan fingerprint density at radius 2 is 1.88 bits per heavy atom. The molecular formula is C17H11ClF3N3. The van der Waals surface area contributed by atoms with E-state index in [1.165, 1.54) is 18.2 Å². The van der Waals surface area contributed by atoms with Gasteiger partial charge in [0.1, 0.15) is 0 Å². The largest absolute Gasteiger partial charge is 0.417 e. The summed E-state index contributed by atoms with van der Waals surface area (Å²) in [4.78, 5) is 4.19. The van der Waals surface area contributed by atoms with Gasteiger partial charge in [-0.1, -0.05) is 29.8 Å². The van der Waals surface area contributed by atoms with Crippen molar-refractivity contribution < 1.29 is 13.2 Å². The lowest BCUT2D eigenvalue weighted by atomic mass is 10.1. The fourth-order valence-electron chi connectivity index (χ4n) is 2.26. The van der Waals surface area contributed by atoms with Crippen molar-refractivity contribution in [1.82, 2.24) is 4.98 Å². The minimum atomic E-state index is -4.43. The normalized spacial score (nSPS) is 12.0. The summed E-state index contributed by atoms with van der Waals surface area (Å²) in [6, 6.07) is 12.1. The summed E-state index contributed by atoms with van der Waals surface area (Å²) < 4.78 is 38.8. The Hall–Kier alpha value is -2.60. The van der Waals surface area contributed by atoms with Gasteiger partial charge >= 0.3 is 6.18 Å². The van der Waals surface area contributed by atoms with Crippen LogP contribution in [-0.2, 0) is 6.18 Å². The van der Waals surface area contributed by atoms with E-state index in [0.717, 1.165) is 17.7 Å². The number of pyridine rings is 1. The molecule has 1 aromatic heterocycles. The van der Waals surface area contributed by atoms with E-state index >= 15 is 0 Å². The highest BCUT2D eigenvalue weighted by Crippen LogP contribution is 2.31. The number of benzene rings is 2. The van der Waals surface area contributed by atoms with Crippen LogP contribution in [0.4, 0.5) is 18.9 Å². The van der Waals surface area contributed by atoms with Crippen LogP contribution in [0, 0.1) is 0 Å². The van der Waals surface area contributed by atoms with Crippen LogP contribution < -0.4 is 5.43 Å². The molecular weight excluding hydrogens is 339 g/mol. The van der Waals surface area contributed by atoms with Gasteiger partial charge in [0.2, 0.25) is 0 Å². The van der Waals surface area contributed by atoms with Gasteiger partial charge in [0, 0.05) is 22.2 Å². The molecule has 0 aliphatic heterocycles. The zero-order valence-electron chi connectivity index (χ0n) is 12.2. The first kappa shape index (κ1) is 16.3. The average molecular weight is 350 g/mol. The molecule has 122 valence electrons. The molecule has 0 saturated heterocycles. The number of hydrogen-bond acceptors (Lipinski definition) is 3. The van der Waals surface area contributed by atoms with E-state index in [-0.39, 0.29) is 5.56 Å². The first-order valence-electron chi connectivity index (χ1n) is 6.95. The molecule has 0 saturated carbocycles. The Morgan fingerprint density at radius 1 is 1.08 bits per heavy atom. The predicted octanol–water partition coefficient (Wildman–Crippen LogP) is 5.35. The number of fused-ring (bicyclic) bond motifs is 1. The minimum absolute atomic E-state index is 0.0149. The maximum absolute atomic E-state index is 12.9. The van der Waals surface area contributed by atoms with Crippen LogP contribution in [0.15, 0.2) is 59.8 Å². The summed E-state index contributed by atoms with van der Waals surface area (Å²) >= 11 is 5.92. The molecule has 0 spiro atoms. The monoisotopic (exact) mass is 349 g/mol. The maximum atomic E-state index is 12.9. The Morgan fingerprint density at radius 3 is 2.67 bits per heavy atom. The second-order valence-electron chi connectivity index (χ2n) is 4.97. The van der Waals surface area contributed by atoms with E-state index < -0.39 is 11.7 Å². The lowest BCUT2D eigenvalue weighted by Gasteiger charge is -2.09. The maximum Gasteiger partial charge on any atom is 0.417 e. The fraction of sp³-hybridized carbons (Fsp3) is 0.0588. The number of hydrazone groups is 1. The number of hydrogen-bond donors (Lipinski definition) is 1. The molecule has 2 aromatic carbocycles. The number of nitrogens with zero attached hydrogens (tertiary/aromatic N) is 2. The van der Waals surface area contributed by atoms with Crippen molar-refractivity contribution in [3.63, 3.8) is 0 Å². The van der Waals surface area contributed by atoms with Gasteiger partial charge < -0.3 is 0 Å². The summed E-state index contributed by atoms with van der Waals surface area (Å²) in [5, 5.41) is 5.24. The number of aromatic nitrogens is 1. The summed E-state index contributed by atoms with van der Waals surface area (Å²) in [7, 11) is 0. The quantitative estimate of drug-likeness (QED) is 0.511. The lowest BCUT2D eigenvalue weighted by molar-refractivity contribution is -0.137. The summed E-state index contributed by atoms with van der Waals surface area (Å²) in [6.45, 7) is 0. The second-order valence-corrected chi connectivity index (χ2v) is 5.41. The predicted molar refractivity (Wildman–Crippen MR) is 89.4 cm³/mol. The van der Waals surface area contributed by atoms with Gasteiger partial charge in [0.05, 0.1) is 23.0 Å². The number of rotatable bonds is 3. The van der Waals surface area contributed by atoms with Crippen LogP contribution >= 0.6 is 11.6 Å². The molecule has 0 bridgehead atoms. The Labute approximate surface area is 140 Å². The molecule has 0 fully saturated rings. The van der Waals surface area contributed by atoms with Gasteiger partial charge in [-0.3, -0.25) is 10.4 Å². The lowest BCUT2D eigenvalue weighted by Crippen LogP contribution is -2.08. The van der Waals surface area contributed by atoms with Crippen LogP contribution in [-0.4, -0.2) is 11.2 Å². The first-order chi connectivity index (χ1) is 11.4. The highest BCUT2D eigenvalue weighted by molar-refractivity contribution is 6.31. The SMILES string of the molecule is FC(F)(F)c1ccccc1/C=N\Nc1ccnc2cc(Cl)ccc12. The summed E-state index contributed by atoms with van der Waals surface area (Å²) in [5.41, 5.74) is 3.29. The van der Waals surface area contributed by atoms with Crippen molar-refractivity contribution in [2.75, 3.05) is 5.43 Å². The van der Waals surface area contributed by atoms with E-state index in [9.17, 15) is 13.2 Å². The highest BCUT2D eigenvalue weighted by Gasteiger charge is 2.32. The number of halogens is 4. The van der Waals surface area contributed by atoms with Gasteiger partial charge in [0.15, 0.2) is 0 Å². The molecule has 0 aliphatic rings. The van der Waals surface area contributed by atoms with Crippen LogP contribution in [0.1, 0.15) is 11.1 Å². The number of anilines is 1. The van der Waals surface area contributed by atoms with Crippen LogP contribution in [0.2, 0.25) is 5.02 Å². The van der Waals surface area contributed by atoms with Crippen molar-refractivity contribution in [2.45, 2.75) is 6.18 Å². The highest BCUT2D eigenvalue weighted by atomic mass is 35.5. The van der Waals surface area contributed by atoms with Gasteiger partial charge in [0.25, 0.3) is 0 Å². The molecule has 3 aromatic rings. The molecule has 0 amide bonds. The molecule has 3 nitrogen and oxygen atoms in total. The van der Waals surface area contributed by atoms with Crippen molar-refractivity contribution in [3.05, 3.63) is 70.9 Å². The third kappa shape index (κ3) is 3.49. The van der Waals surface area contributed by atoms with Gasteiger partial charge in [-0.05, 0) is 30.3 Å². The standard InChI is InChI=1S/C17H11ClF3N3/c18-12-5-6-13-15(7-8-22-16(13)9-12)24-23-10-11-3-1-2-4-14(11)17(19,20)21/h1-10H,(H,22,24)/b23-10-. The summed E-state index contributed by atoms with van der Waals surface area (Å²) in [5.74, 6) is 0. The van der Waals surface area contributed by atoms with Gasteiger partial charge in [-0.2, -0.15) is 18.3 Å². The van der Waals surface area contributed by atoms with E-state index in [1.807, 2.05) is 0 Å². The number of nitrogens with one attached hydrogen (secondary N) is 1. The topological polar surface area (TPSA) is 37.3 Å². The van der Waals surface area contributed by atoms with Gasteiger partial charge in [-0.15, -0.1) is 0 Å². The van der Waals surface area contributed by atoms with E-state index in [2.05, 4.69) is 15.5 Å². The molecule has 0 aliphatic carbocycles. The molecule has 0 atom stereocenters. The van der Waals surface area contributed by atoms with Crippen LogP contribution in [0.5, 0.6) is 0 Å². The van der Waals surface area contributed by atoms with E-state index in [1.54, 1.807) is 30.5 Å². The third-order valence-corrected chi connectivity index (χ3v) is 3.59. The van der Waals surface area contributed by atoms with Crippen molar-refractivity contribution >= 4 is 34.4 Å². The molecule has 0 radical (unpaired) electrons. The Kier molecular flexibility index (Phi) is 4.40. The van der Waals surface area contributed by atoms with Crippen LogP contribution in [0.25, 0.3) is 10.9 Å². The van der Waals surface area contributed by atoms with Gasteiger partial charge in [-0.25, -0.2) is 0 Å². The van der Waals surface area contributed by atoms with E-state index in [0.29, 0.717) is 16.2 Å². The number of alkyl halides is 3. The molecule has 1 heterocycles. The third-order valence-electron chi connectivity index (χ3n) is 3.36. The van der Waals surface area contributed by atoms with E-state index in [4.69, 9.17) is 11.6 Å². The summed E-state index contributed by atoms with van der Waals surface area (Å²) in [6.07, 6.45) is -1.71. The van der Waals surface area contributed by atoms with Crippen molar-refractivity contribution in [2.24, 2.45) is 5.10 Å². The zero-order valence-corrected chi connectivity index (χ0v) is 12.9. The molecule has 3 rings (SSSR count). The Balaban J connectivity index is 1.88. The minimum Gasteiger partial charge on any atom is -0.278 e.